The van der Waals surface area contributed by atoms with Gasteiger partial charge in [-0.05, 0) is 24.6 Å². The third-order valence-electron chi connectivity index (χ3n) is 3.69. The molecule has 2 heterocycles. The molecule has 0 atom stereocenters. The van der Waals surface area contributed by atoms with Crippen molar-refractivity contribution in [2.24, 2.45) is 0 Å². The van der Waals surface area contributed by atoms with Crippen LogP contribution in [0.4, 0.5) is 18.9 Å². The number of halogens is 4. The van der Waals surface area contributed by atoms with E-state index in [1.807, 2.05) is 18.2 Å². The standard InChI is InChI=1S/C17H15ClF3N5O/c1-11-6-15(17(19,20)21)26(24-11)10-16(27)23-13-7-22-25(9-13)8-12-4-2-3-5-14(12)18/h2-7,9H,8,10H2,1H3,(H,23,27). The van der Waals surface area contributed by atoms with Crippen molar-refractivity contribution < 1.29 is 18.0 Å². The van der Waals surface area contributed by atoms with Crippen LogP contribution in [0.1, 0.15) is 17.0 Å². The average Bonchev–Trinajstić information content (AvgIpc) is 3.15. The molecule has 0 radical (unpaired) electrons. The quantitative estimate of drug-likeness (QED) is 0.713. The van der Waals surface area contributed by atoms with Gasteiger partial charge in [-0.25, -0.2) is 0 Å². The molecule has 10 heteroatoms. The molecule has 3 rings (SSSR count). The first-order chi connectivity index (χ1) is 12.7. The maximum Gasteiger partial charge on any atom is 0.433 e. The zero-order valence-corrected chi connectivity index (χ0v) is 14.9. The lowest BCUT2D eigenvalue weighted by molar-refractivity contribution is -0.144. The summed E-state index contributed by atoms with van der Waals surface area (Å²) in [4.78, 5) is 12.1. The van der Waals surface area contributed by atoms with E-state index < -0.39 is 24.3 Å². The van der Waals surface area contributed by atoms with E-state index in [4.69, 9.17) is 11.6 Å². The van der Waals surface area contributed by atoms with Crippen LogP contribution >= 0.6 is 11.6 Å². The molecule has 0 bridgehead atoms. The van der Waals surface area contributed by atoms with Gasteiger partial charge in [-0.2, -0.15) is 23.4 Å². The topological polar surface area (TPSA) is 64.7 Å². The van der Waals surface area contributed by atoms with Crippen LogP contribution in [-0.2, 0) is 24.1 Å². The minimum Gasteiger partial charge on any atom is -0.322 e. The average molecular weight is 398 g/mol. The largest absolute Gasteiger partial charge is 0.433 e. The summed E-state index contributed by atoms with van der Waals surface area (Å²) >= 11 is 6.10. The first-order valence-corrected chi connectivity index (χ1v) is 8.27. The van der Waals surface area contributed by atoms with E-state index in [2.05, 4.69) is 15.5 Å². The summed E-state index contributed by atoms with van der Waals surface area (Å²) in [5.41, 5.74) is 0.429. The van der Waals surface area contributed by atoms with Crippen molar-refractivity contribution in [2.75, 3.05) is 5.32 Å². The van der Waals surface area contributed by atoms with Gasteiger partial charge in [-0.15, -0.1) is 0 Å². The molecule has 0 unspecified atom stereocenters. The number of aromatic nitrogens is 4. The van der Waals surface area contributed by atoms with Crippen LogP contribution in [0.2, 0.25) is 5.02 Å². The second kappa shape index (κ2) is 7.43. The van der Waals surface area contributed by atoms with Gasteiger partial charge in [0.25, 0.3) is 0 Å². The lowest BCUT2D eigenvalue weighted by Gasteiger charge is -2.09. The highest BCUT2D eigenvalue weighted by atomic mass is 35.5. The highest BCUT2D eigenvalue weighted by molar-refractivity contribution is 6.31. The first kappa shape index (κ1) is 19.0. The van der Waals surface area contributed by atoms with E-state index in [1.165, 1.54) is 13.1 Å². The Morgan fingerprint density at radius 1 is 1.30 bits per heavy atom. The molecule has 1 aromatic carbocycles. The molecule has 142 valence electrons. The van der Waals surface area contributed by atoms with Crippen molar-refractivity contribution in [3.8, 4) is 0 Å². The number of nitrogens with zero attached hydrogens (tertiary/aromatic N) is 4. The summed E-state index contributed by atoms with van der Waals surface area (Å²) in [5.74, 6) is -0.638. The van der Waals surface area contributed by atoms with Crippen LogP contribution in [0.15, 0.2) is 42.7 Å². The molecular formula is C17H15ClF3N5O. The molecule has 6 nitrogen and oxygen atoms in total. The second-order valence-electron chi connectivity index (χ2n) is 5.89. The van der Waals surface area contributed by atoms with Crippen molar-refractivity contribution in [3.63, 3.8) is 0 Å². The fraction of sp³-hybridized carbons (Fsp3) is 0.235. The third kappa shape index (κ3) is 4.68. The molecule has 3 aromatic rings. The van der Waals surface area contributed by atoms with E-state index in [0.717, 1.165) is 11.6 Å². The molecule has 0 aliphatic rings. The Balaban J connectivity index is 1.66. The van der Waals surface area contributed by atoms with Crippen LogP contribution in [0.5, 0.6) is 0 Å². The number of carbonyl (C=O) groups is 1. The van der Waals surface area contributed by atoms with Gasteiger partial charge in [0, 0.05) is 11.2 Å². The van der Waals surface area contributed by atoms with E-state index in [-0.39, 0.29) is 5.69 Å². The maximum atomic E-state index is 13.0. The van der Waals surface area contributed by atoms with Gasteiger partial charge in [0.1, 0.15) is 12.2 Å². The van der Waals surface area contributed by atoms with Gasteiger partial charge < -0.3 is 5.32 Å². The molecule has 0 aliphatic carbocycles. The minimum atomic E-state index is -4.58. The van der Waals surface area contributed by atoms with Crippen LogP contribution in [0, 0.1) is 6.92 Å². The van der Waals surface area contributed by atoms with Crippen LogP contribution in [-0.4, -0.2) is 25.5 Å². The predicted molar refractivity (Wildman–Crippen MR) is 93.4 cm³/mol. The number of hydrogen-bond acceptors (Lipinski definition) is 3. The second-order valence-corrected chi connectivity index (χ2v) is 6.30. The molecule has 1 N–H and O–H groups in total. The smallest absolute Gasteiger partial charge is 0.322 e. The predicted octanol–water partition coefficient (Wildman–Crippen LogP) is 3.75. The van der Waals surface area contributed by atoms with Crippen LogP contribution < -0.4 is 5.32 Å². The van der Waals surface area contributed by atoms with Gasteiger partial charge in [0.15, 0.2) is 0 Å². The number of hydrogen-bond donors (Lipinski definition) is 1. The molecule has 0 aliphatic heterocycles. The lowest BCUT2D eigenvalue weighted by atomic mass is 10.2. The number of alkyl halides is 3. The third-order valence-corrected chi connectivity index (χ3v) is 4.06. The Kier molecular flexibility index (Phi) is 5.22. The zero-order valence-electron chi connectivity index (χ0n) is 14.2. The first-order valence-electron chi connectivity index (χ1n) is 7.90. The monoisotopic (exact) mass is 397 g/mol. The maximum absolute atomic E-state index is 13.0. The number of benzene rings is 1. The molecule has 0 saturated heterocycles. The van der Waals surface area contributed by atoms with Crippen LogP contribution in [0.25, 0.3) is 0 Å². The van der Waals surface area contributed by atoms with Crippen molar-refractivity contribution in [2.45, 2.75) is 26.2 Å². The lowest BCUT2D eigenvalue weighted by Crippen LogP contribution is -2.23. The Morgan fingerprint density at radius 3 is 2.74 bits per heavy atom. The van der Waals surface area contributed by atoms with Crippen molar-refractivity contribution >= 4 is 23.2 Å². The summed E-state index contributed by atoms with van der Waals surface area (Å²) in [6, 6.07) is 8.16. The van der Waals surface area contributed by atoms with E-state index in [9.17, 15) is 18.0 Å². The molecule has 1 amide bonds. The SMILES string of the molecule is Cc1cc(C(F)(F)F)n(CC(=O)Nc2cnn(Cc3ccccc3Cl)c2)n1. The highest BCUT2D eigenvalue weighted by Crippen LogP contribution is 2.29. The molecule has 0 saturated carbocycles. The van der Waals surface area contributed by atoms with Gasteiger partial charge in [-0.1, -0.05) is 29.8 Å². The molecule has 0 fully saturated rings. The number of rotatable bonds is 5. The number of anilines is 1. The summed E-state index contributed by atoms with van der Waals surface area (Å²) in [5, 5.41) is 11.0. The Bertz CT molecular complexity index is 964. The summed E-state index contributed by atoms with van der Waals surface area (Å²) in [6.45, 7) is 1.27. The number of amides is 1. The summed E-state index contributed by atoms with van der Waals surface area (Å²) in [6.07, 6.45) is -1.60. The van der Waals surface area contributed by atoms with E-state index >= 15 is 0 Å². The summed E-state index contributed by atoms with van der Waals surface area (Å²) < 4.78 is 41.1. The Hall–Kier alpha value is -2.81. The van der Waals surface area contributed by atoms with Gasteiger partial charge in [-0.3, -0.25) is 14.2 Å². The number of aryl methyl sites for hydroxylation is 1. The van der Waals surface area contributed by atoms with Gasteiger partial charge >= 0.3 is 6.18 Å². The molecule has 2 aromatic heterocycles. The van der Waals surface area contributed by atoms with Gasteiger partial charge in [0.2, 0.25) is 5.91 Å². The van der Waals surface area contributed by atoms with Crippen molar-refractivity contribution in [1.29, 1.82) is 0 Å². The van der Waals surface area contributed by atoms with Crippen LogP contribution in [0.3, 0.4) is 0 Å². The zero-order chi connectivity index (χ0) is 19.6. The van der Waals surface area contributed by atoms with Crippen molar-refractivity contribution in [1.82, 2.24) is 19.6 Å². The fourth-order valence-corrected chi connectivity index (χ4v) is 2.74. The molecular weight excluding hydrogens is 383 g/mol. The fourth-order valence-electron chi connectivity index (χ4n) is 2.55. The molecule has 0 spiro atoms. The number of nitrogens with one attached hydrogen (secondary N) is 1. The Labute approximate surface area is 157 Å². The number of carbonyl (C=O) groups excluding carboxylic acids is 1. The Morgan fingerprint density at radius 2 is 2.04 bits per heavy atom. The molecule has 27 heavy (non-hydrogen) atoms. The highest BCUT2D eigenvalue weighted by Gasteiger charge is 2.35. The summed E-state index contributed by atoms with van der Waals surface area (Å²) in [7, 11) is 0. The van der Waals surface area contributed by atoms with Crippen molar-refractivity contribution in [3.05, 3.63) is 64.7 Å². The minimum absolute atomic E-state index is 0.183. The van der Waals surface area contributed by atoms with Gasteiger partial charge in [0.05, 0.1) is 24.1 Å². The van der Waals surface area contributed by atoms with E-state index in [1.54, 1.807) is 16.9 Å². The van der Waals surface area contributed by atoms with E-state index in [0.29, 0.717) is 21.9 Å². The normalized spacial score (nSPS) is 11.6.